The summed E-state index contributed by atoms with van der Waals surface area (Å²) in [5, 5.41) is 3.93. The second-order valence-electron chi connectivity index (χ2n) is 3.85. The summed E-state index contributed by atoms with van der Waals surface area (Å²) < 4.78 is 13.4. The molecule has 0 bridgehead atoms. The number of hydrazone groups is 1. The van der Waals surface area contributed by atoms with Crippen LogP contribution < -0.4 is 5.43 Å². The number of aromatic nitrogens is 1. The summed E-state index contributed by atoms with van der Waals surface area (Å²) in [6.07, 6.45) is 3.26. The number of pyridine rings is 1. The monoisotopic (exact) mass is 257 g/mol. The summed E-state index contributed by atoms with van der Waals surface area (Å²) in [5.74, 6) is -1.15. The molecular formula is C14H12FN3O. The Labute approximate surface area is 110 Å². The fourth-order valence-electron chi connectivity index (χ4n) is 1.50. The molecule has 5 heteroatoms. The minimum atomic E-state index is -0.577. The van der Waals surface area contributed by atoms with E-state index in [9.17, 15) is 9.18 Å². The topological polar surface area (TPSA) is 54.4 Å². The SMILES string of the molecule is C/C(=N/NC(=O)c1ccccc1F)c1ccncc1. The molecule has 4 nitrogen and oxygen atoms in total. The maximum absolute atomic E-state index is 13.4. The third-order valence-electron chi connectivity index (χ3n) is 2.54. The maximum Gasteiger partial charge on any atom is 0.274 e. The number of carbonyl (C=O) groups is 1. The van der Waals surface area contributed by atoms with Crippen LogP contribution in [0.2, 0.25) is 0 Å². The van der Waals surface area contributed by atoms with Gasteiger partial charge < -0.3 is 0 Å². The zero-order chi connectivity index (χ0) is 13.7. The molecule has 1 aromatic carbocycles. The molecule has 0 spiro atoms. The van der Waals surface area contributed by atoms with Crippen molar-refractivity contribution in [3.05, 3.63) is 65.7 Å². The summed E-state index contributed by atoms with van der Waals surface area (Å²) in [5.41, 5.74) is 3.75. The van der Waals surface area contributed by atoms with E-state index in [1.54, 1.807) is 37.5 Å². The first-order valence-electron chi connectivity index (χ1n) is 5.68. The van der Waals surface area contributed by atoms with E-state index in [0.29, 0.717) is 5.71 Å². The van der Waals surface area contributed by atoms with Gasteiger partial charge in [0.15, 0.2) is 0 Å². The molecule has 2 aromatic rings. The number of hydrogen-bond donors (Lipinski definition) is 1. The summed E-state index contributed by atoms with van der Waals surface area (Å²) in [7, 11) is 0. The third kappa shape index (κ3) is 3.22. The van der Waals surface area contributed by atoms with Crippen LogP contribution in [0.4, 0.5) is 4.39 Å². The average molecular weight is 257 g/mol. The highest BCUT2D eigenvalue weighted by Gasteiger charge is 2.09. The van der Waals surface area contributed by atoms with Gasteiger partial charge >= 0.3 is 0 Å². The lowest BCUT2D eigenvalue weighted by molar-refractivity contribution is 0.0951. The first-order chi connectivity index (χ1) is 9.18. The summed E-state index contributed by atoms with van der Waals surface area (Å²) in [6.45, 7) is 1.75. The highest BCUT2D eigenvalue weighted by Crippen LogP contribution is 2.06. The molecule has 0 radical (unpaired) electrons. The summed E-state index contributed by atoms with van der Waals surface area (Å²) in [4.78, 5) is 15.6. The second kappa shape index (κ2) is 5.86. The van der Waals surface area contributed by atoms with Crippen molar-refractivity contribution >= 4 is 11.6 Å². The molecule has 1 heterocycles. The quantitative estimate of drug-likeness (QED) is 0.678. The Balaban J connectivity index is 2.11. The van der Waals surface area contributed by atoms with Gasteiger partial charge in [-0.25, -0.2) is 9.82 Å². The average Bonchev–Trinajstić information content (AvgIpc) is 2.46. The van der Waals surface area contributed by atoms with Crippen LogP contribution in [0.1, 0.15) is 22.8 Å². The van der Waals surface area contributed by atoms with Gasteiger partial charge in [-0.2, -0.15) is 5.10 Å². The zero-order valence-electron chi connectivity index (χ0n) is 10.3. The van der Waals surface area contributed by atoms with Crippen LogP contribution in [-0.4, -0.2) is 16.6 Å². The van der Waals surface area contributed by atoms with E-state index in [-0.39, 0.29) is 5.56 Å². The van der Waals surface area contributed by atoms with Crippen LogP contribution in [0.15, 0.2) is 53.9 Å². The Morgan fingerprint density at radius 1 is 1.21 bits per heavy atom. The number of halogens is 1. The number of nitrogens with zero attached hydrogens (tertiary/aromatic N) is 2. The van der Waals surface area contributed by atoms with Gasteiger partial charge in [-0.1, -0.05) is 12.1 Å². The van der Waals surface area contributed by atoms with Crippen molar-refractivity contribution < 1.29 is 9.18 Å². The van der Waals surface area contributed by atoms with E-state index in [1.165, 1.54) is 18.2 Å². The van der Waals surface area contributed by atoms with Crippen molar-refractivity contribution in [1.82, 2.24) is 10.4 Å². The van der Waals surface area contributed by atoms with Gasteiger partial charge in [0.25, 0.3) is 5.91 Å². The van der Waals surface area contributed by atoms with Gasteiger partial charge in [-0.15, -0.1) is 0 Å². The molecule has 0 aliphatic heterocycles. The Kier molecular flexibility index (Phi) is 3.97. The van der Waals surface area contributed by atoms with E-state index in [4.69, 9.17) is 0 Å². The predicted octanol–water partition coefficient (Wildman–Crippen LogP) is 2.37. The number of amides is 1. The Morgan fingerprint density at radius 3 is 2.58 bits per heavy atom. The molecule has 0 aliphatic carbocycles. The zero-order valence-corrected chi connectivity index (χ0v) is 10.3. The fraction of sp³-hybridized carbons (Fsp3) is 0.0714. The standard InChI is InChI=1S/C14H12FN3O/c1-10(11-6-8-16-9-7-11)17-18-14(19)12-4-2-3-5-13(12)15/h2-9H,1H3,(H,18,19)/b17-10-. The molecule has 19 heavy (non-hydrogen) atoms. The minimum absolute atomic E-state index is 0.0335. The molecule has 0 fully saturated rings. The molecule has 2 rings (SSSR count). The van der Waals surface area contributed by atoms with Gasteiger partial charge in [-0.3, -0.25) is 9.78 Å². The highest BCUT2D eigenvalue weighted by molar-refractivity contribution is 6.00. The van der Waals surface area contributed by atoms with E-state index in [2.05, 4.69) is 15.5 Å². The maximum atomic E-state index is 13.4. The molecule has 0 saturated carbocycles. The van der Waals surface area contributed by atoms with Crippen molar-refractivity contribution in [2.45, 2.75) is 6.92 Å². The van der Waals surface area contributed by atoms with Crippen molar-refractivity contribution in [3.63, 3.8) is 0 Å². The van der Waals surface area contributed by atoms with Gasteiger partial charge in [-0.05, 0) is 31.2 Å². The smallest absolute Gasteiger partial charge is 0.267 e. The van der Waals surface area contributed by atoms with Crippen LogP contribution in [0.25, 0.3) is 0 Å². The van der Waals surface area contributed by atoms with Crippen LogP contribution >= 0.6 is 0 Å². The molecule has 96 valence electrons. The Bertz CT molecular complexity index is 611. The fourth-order valence-corrected chi connectivity index (χ4v) is 1.50. The number of benzene rings is 1. The lowest BCUT2D eigenvalue weighted by Gasteiger charge is -2.03. The molecule has 1 N–H and O–H groups in total. The van der Waals surface area contributed by atoms with Crippen LogP contribution in [0.3, 0.4) is 0 Å². The number of hydrogen-bond acceptors (Lipinski definition) is 3. The molecule has 0 aliphatic rings. The van der Waals surface area contributed by atoms with Gasteiger partial charge in [0.1, 0.15) is 5.82 Å². The Hall–Kier alpha value is -2.56. The number of carbonyl (C=O) groups excluding carboxylic acids is 1. The molecule has 0 saturated heterocycles. The van der Waals surface area contributed by atoms with Gasteiger partial charge in [0.2, 0.25) is 0 Å². The second-order valence-corrected chi connectivity index (χ2v) is 3.85. The van der Waals surface area contributed by atoms with Gasteiger partial charge in [0.05, 0.1) is 11.3 Å². The van der Waals surface area contributed by atoms with Crippen LogP contribution in [-0.2, 0) is 0 Å². The molecule has 1 amide bonds. The molecule has 1 aromatic heterocycles. The summed E-state index contributed by atoms with van der Waals surface area (Å²) in [6, 6.07) is 9.30. The van der Waals surface area contributed by atoms with Crippen molar-refractivity contribution in [1.29, 1.82) is 0 Å². The first-order valence-corrected chi connectivity index (χ1v) is 5.68. The Morgan fingerprint density at radius 2 is 1.89 bits per heavy atom. The summed E-state index contributed by atoms with van der Waals surface area (Å²) >= 11 is 0. The predicted molar refractivity (Wildman–Crippen MR) is 70.3 cm³/mol. The lowest BCUT2D eigenvalue weighted by Crippen LogP contribution is -2.20. The number of nitrogens with one attached hydrogen (secondary N) is 1. The van der Waals surface area contributed by atoms with Crippen LogP contribution in [0, 0.1) is 5.82 Å². The minimum Gasteiger partial charge on any atom is -0.267 e. The highest BCUT2D eigenvalue weighted by atomic mass is 19.1. The normalized spacial score (nSPS) is 11.2. The van der Waals surface area contributed by atoms with Crippen molar-refractivity contribution in [2.24, 2.45) is 5.10 Å². The third-order valence-corrected chi connectivity index (χ3v) is 2.54. The van der Waals surface area contributed by atoms with Crippen molar-refractivity contribution in [3.8, 4) is 0 Å². The van der Waals surface area contributed by atoms with Crippen LogP contribution in [0.5, 0.6) is 0 Å². The van der Waals surface area contributed by atoms with Crippen molar-refractivity contribution in [2.75, 3.05) is 0 Å². The molecule has 0 unspecified atom stereocenters. The lowest BCUT2D eigenvalue weighted by atomic mass is 10.2. The van der Waals surface area contributed by atoms with Gasteiger partial charge in [0, 0.05) is 18.0 Å². The van der Waals surface area contributed by atoms with E-state index in [1.807, 2.05) is 0 Å². The van der Waals surface area contributed by atoms with E-state index in [0.717, 1.165) is 5.56 Å². The van der Waals surface area contributed by atoms with E-state index < -0.39 is 11.7 Å². The molecular weight excluding hydrogens is 245 g/mol. The molecule has 0 atom stereocenters. The number of rotatable bonds is 3. The largest absolute Gasteiger partial charge is 0.274 e. The van der Waals surface area contributed by atoms with E-state index >= 15 is 0 Å². The first kappa shape index (κ1) is 12.9.